The normalized spacial score (nSPS) is 20.2. The second-order valence-corrected chi connectivity index (χ2v) is 5.23. The number of hydrogen-bond acceptors (Lipinski definition) is 3. The zero-order chi connectivity index (χ0) is 15.0. The van der Waals surface area contributed by atoms with Gasteiger partial charge in [-0.25, -0.2) is 4.39 Å². The highest BCUT2D eigenvalue weighted by atomic mass is 19.1. The minimum Gasteiger partial charge on any atom is -0.497 e. The van der Waals surface area contributed by atoms with E-state index in [9.17, 15) is 9.50 Å². The van der Waals surface area contributed by atoms with Gasteiger partial charge in [-0.2, -0.15) is 0 Å². The molecule has 1 atom stereocenters. The van der Waals surface area contributed by atoms with E-state index >= 15 is 0 Å². The van der Waals surface area contributed by atoms with E-state index in [-0.39, 0.29) is 0 Å². The van der Waals surface area contributed by atoms with Gasteiger partial charge in [0, 0.05) is 5.56 Å². The Morgan fingerprint density at radius 2 is 1.86 bits per heavy atom. The second-order valence-electron chi connectivity index (χ2n) is 5.23. The number of aryl methyl sites for hydroxylation is 1. The van der Waals surface area contributed by atoms with Crippen molar-refractivity contribution in [3.8, 4) is 11.5 Å². The molecule has 110 valence electrons. The fourth-order valence-corrected chi connectivity index (χ4v) is 3.02. The van der Waals surface area contributed by atoms with E-state index in [1.54, 1.807) is 13.2 Å². The lowest BCUT2D eigenvalue weighted by molar-refractivity contribution is 0.0794. The Hall–Kier alpha value is -2.07. The van der Waals surface area contributed by atoms with Crippen molar-refractivity contribution in [2.45, 2.75) is 18.4 Å². The molecule has 2 aromatic carbocycles. The molecule has 3 rings (SSSR count). The Morgan fingerprint density at radius 1 is 1.05 bits per heavy atom. The van der Waals surface area contributed by atoms with Crippen LogP contribution in [0.15, 0.2) is 36.4 Å². The lowest BCUT2D eigenvalue weighted by Gasteiger charge is -2.27. The molecule has 21 heavy (non-hydrogen) atoms. The van der Waals surface area contributed by atoms with E-state index < -0.39 is 11.4 Å². The summed E-state index contributed by atoms with van der Waals surface area (Å²) in [6.45, 7) is 0. The molecule has 1 unspecified atom stereocenters. The summed E-state index contributed by atoms with van der Waals surface area (Å²) in [5.74, 6) is 0.759. The third-order valence-electron chi connectivity index (χ3n) is 4.13. The highest BCUT2D eigenvalue weighted by Gasteiger charge is 2.40. The molecule has 1 N–H and O–H groups in total. The molecular formula is C17H17FO3. The zero-order valence-corrected chi connectivity index (χ0v) is 12.0. The van der Waals surface area contributed by atoms with Crippen molar-refractivity contribution < 1.29 is 19.0 Å². The first-order chi connectivity index (χ1) is 10.1. The summed E-state index contributed by atoms with van der Waals surface area (Å²) >= 11 is 0. The molecule has 1 aliphatic rings. The van der Waals surface area contributed by atoms with Crippen molar-refractivity contribution >= 4 is 0 Å². The lowest BCUT2D eigenvalue weighted by atomic mass is 9.87. The molecular weight excluding hydrogens is 271 g/mol. The number of ether oxygens (including phenoxy) is 2. The van der Waals surface area contributed by atoms with Crippen LogP contribution in [0.1, 0.15) is 23.1 Å². The molecule has 4 heteroatoms. The molecule has 0 fully saturated rings. The zero-order valence-electron chi connectivity index (χ0n) is 12.0. The predicted octanol–water partition coefficient (Wildman–Crippen LogP) is 3.03. The Labute approximate surface area is 122 Å². The summed E-state index contributed by atoms with van der Waals surface area (Å²) in [5.41, 5.74) is 1.00. The number of fused-ring (bicyclic) bond motifs is 1. The molecule has 0 bridgehead atoms. The van der Waals surface area contributed by atoms with Crippen molar-refractivity contribution in [1.82, 2.24) is 0 Å². The smallest absolute Gasteiger partial charge is 0.125 e. The van der Waals surface area contributed by atoms with Crippen molar-refractivity contribution in [3.63, 3.8) is 0 Å². The maximum atomic E-state index is 13.6. The van der Waals surface area contributed by atoms with Crippen molar-refractivity contribution in [3.05, 3.63) is 58.9 Å². The van der Waals surface area contributed by atoms with Gasteiger partial charge in [0.25, 0.3) is 0 Å². The molecule has 0 aromatic heterocycles. The predicted molar refractivity (Wildman–Crippen MR) is 77.3 cm³/mol. The first kappa shape index (κ1) is 13.9. The van der Waals surface area contributed by atoms with Gasteiger partial charge in [0.1, 0.15) is 22.9 Å². The van der Waals surface area contributed by atoms with Gasteiger partial charge in [0.05, 0.1) is 14.2 Å². The van der Waals surface area contributed by atoms with E-state index in [1.165, 1.54) is 19.2 Å². The number of rotatable bonds is 3. The molecule has 1 aliphatic carbocycles. The summed E-state index contributed by atoms with van der Waals surface area (Å²) in [4.78, 5) is 0. The molecule has 0 radical (unpaired) electrons. The van der Waals surface area contributed by atoms with Crippen LogP contribution >= 0.6 is 0 Å². The Bertz CT molecular complexity index is 684. The monoisotopic (exact) mass is 288 g/mol. The van der Waals surface area contributed by atoms with Crippen LogP contribution in [-0.2, 0) is 12.0 Å². The molecule has 0 heterocycles. The van der Waals surface area contributed by atoms with E-state index in [0.29, 0.717) is 23.5 Å². The van der Waals surface area contributed by atoms with Gasteiger partial charge in [-0.05, 0) is 54.3 Å². The Kier molecular flexibility index (Phi) is 3.33. The highest BCUT2D eigenvalue weighted by molar-refractivity contribution is 5.52. The van der Waals surface area contributed by atoms with Gasteiger partial charge in [0.15, 0.2) is 0 Å². The van der Waals surface area contributed by atoms with Crippen molar-refractivity contribution in [1.29, 1.82) is 0 Å². The van der Waals surface area contributed by atoms with Gasteiger partial charge in [-0.3, -0.25) is 0 Å². The van der Waals surface area contributed by atoms with Crippen LogP contribution in [0.25, 0.3) is 0 Å². The third kappa shape index (κ3) is 2.16. The largest absolute Gasteiger partial charge is 0.497 e. The Balaban J connectivity index is 2.18. The number of hydrogen-bond donors (Lipinski definition) is 1. The fraction of sp³-hybridized carbons (Fsp3) is 0.294. The molecule has 0 saturated heterocycles. The van der Waals surface area contributed by atoms with E-state index in [0.717, 1.165) is 17.5 Å². The second kappa shape index (κ2) is 5.04. The number of benzene rings is 2. The van der Waals surface area contributed by atoms with Gasteiger partial charge in [-0.1, -0.05) is 6.07 Å². The highest BCUT2D eigenvalue weighted by Crippen LogP contribution is 2.46. The first-order valence-corrected chi connectivity index (χ1v) is 6.82. The van der Waals surface area contributed by atoms with Crippen molar-refractivity contribution in [2.24, 2.45) is 0 Å². The van der Waals surface area contributed by atoms with Crippen LogP contribution in [-0.4, -0.2) is 19.3 Å². The van der Waals surface area contributed by atoms with Gasteiger partial charge < -0.3 is 14.6 Å². The number of methoxy groups -OCH3 is 2. The van der Waals surface area contributed by atoms with Crippen LogP contribution in [0.4, 0.5) is 4.39 Å². The standard InChI is InChI=1S/C17H17FO3/c1-20-13-5-3-11-7-8-17(19,14(11)10-13)15-9-12(18)4-6-16(15)21-2/h3-6,9-10,19H,7-8H2,1-2H3. The minimum absolute atomic E-state index is 0.393. The lowest BCUT2D eigenvalue weighted by Crippen LogP contribution is -2.25. The molecule has 0 spiro atoms. The number of aliphatic hydroxyl groups is 1. The quantitative estimate of drug-likeness (QED) is 0.943. The molecule has 0 saturated carbocycles. The van der Waals surface area contributed by atoms with Crippen LogP contribution in [0.5, 0.6) is 11.5 Å². The van der Waals surface area contributed by atoms with Crippen molar-refractivity contribution in [2.75, 3.05) is 14.2 Å². The van der Waals surface area contributed by atoms with Crippen LogP contribution in [0, 0.1) is 5.82 Å². The summed E-state index contributed by atoms with van der Waals surface area (Å²) < 4.78 is 24.2. The maximum absolute atomic E-state index is 13.6. The summed E-state index contributed by atoms with van der Waals surface area (Å²) in [6.07, 6.45) is 1.23. The summed E-state index contributed by atoms with van der Waals surface area (Å²) in [7, 11) is 3.10. The summed E-state index contributed by atoms with van der Waals surface area (Å²) in [6, 6.07) is 9.83. The van der Waals surface area contributed by atoms with Gasteiger partial charge in [-0.15, -0.1) is 0 Å². The van der Waals surface area contributed by atoms with Crippen LogP contribution in [0.3, 0.4) is 0 Å². The molecule has 0 amide bonds. The van der Waals surface area contributed by atoms with Crippen LogP contribution < -0.4 is 9.47 Å². The van der Waals surface area contributed by atoms with Gasteiger partial charge >= 0.3 is 0 Å². The third-order valence-corrected chi connectivity index (χ3v) is 4.13. The van der Waals surface area contributed by atoms with E-state index in [2.05, 4.69) is 0 Å². The maximum Gasteiger partial charge on any atom is 0.125 e. The van der Waals surface area contributed by atoms with E-state index in [1.807, 2.05) is 18.2 Å². The topological polar surface area (TPSA) is 38.7 Å². The first-order valence-electron chi connectivity index (χ1n) is 6.82. The molecule has 0 aliphatic heterocycles. The summed E-state index contributed by atoms with van der Waals surface area (Å²) in [5, 5.41) is 11.2. The minimum atomic E-state index is -1.25. The Morgan fingerprint density at radius 3 is 2.57 bits per heavy atom. The van der Waals surface area contributed by atoms with Crippen LogP contribution in [0.2, 0.25) is 0 Å². The average Bonchev–Trinajstić information content (AvgIpc) is 2.85. The van der Waals surface area contributed by atoms with E-state index in [4.69, 9.17) is 9.47 Å². The van der Waals surface area contributed by atoms with Gasteiger partial charge in [0.2, 0.25) is 0 Å². The average molecular weight is 288 g/mol. The SMILES string of the molecule is COc1ccc2c(c1)C(O)(c1cc(F)ccc1OC)CC2. The molecule has 3 nitrogen and oxygen atoms in total. The number of halogens is 1. The molecule has 2 aromatic rings. The fourth-order valence-electron chi connectivity index (χ4n) is 3.02.